The molecule has 0 unspecified atom stereocenters. The first kappa shape index (κ1) is 24.8. The Morgan fingerprint density at radius 3 is 2.39 bits per heavy atom. The normalized spacial score (nSPS) is 11.0. The number of aromatic nitrogens is 3. The van der Waals surface area contributed by atoms with Gasteiger partial charge in [0.15, 0.2) is 0 Å². The van der Waals surface area contributed by atoms with Crippen LogP contribution in [0.4, 0.5) is 11.4 Å². The molecule has 0 fully saturated rings. The van der Waals surface area contributed by atoms with E-state index in [0.29, 0.717) is 15.4 Å². The number of thiophene rings is 1. The van der Waals surface area contributed by atoms with E-state index >= 15 is 0 Å². The number of amides is 2. The molecule has 0 saturated heterocycles. The summed E-state index contributed by atoms with van der Waals surface area (Å²) in [6.45, 7) is 5.65. The highest BCUT2D eigenvalue weighted by Gasteiger charge is 2.15. The molecule has 0 aliphatic heterocycles. The first-order valence-corrected chi connectivity index (χ1v) is 12.2. The van der Waals surface area contributed by atoms with Crippen molar-refractivity contribution in [2.75, 3.05) is 24.2 Å². The topological polar surface area (TPSA) is 105 Å². The molecule has 0 atom stereocenters. The molecule has 0 aliphatic carbocycles. The Hall–Kier alpha value is -4.31. The molecule has 4 rings (SSSR count). The zero-order valence-corrected chi connectivity index (χ0v) is 21.1. The number of nitrogens with one attached hydrogen (secondary N) is 2. The second-order valence-corrected chi connectivity index (χ2v) is 9.13. The smallest absolute Gasteiger partial charge is 0.265 e. The zero-order chi connectivity index (χ0) is 25.5. The van der Waals surface area contributed by atoms with Crippen molar-refractivity contribution in [1.29, 1.82) is 0 Å². The summed E-state index contributed by atoms with van der Waals surface area (Å²) in [4.78, 5) is 36.6. The lowest BCUT2D eigenvalue weighted by Crippen LogP contribution is -2.21. The van der Waals surface area contributed by atoms with Gasteiger partial charge >= 0.3 is 0 Å². The summed E-state index contributed by atoms with van der Waals surface area (Å²) >= 11 is 1.15. The van der Waals surface area contributed by atoms with Crippen LogP contribution in [0.5, 0.6) is 0 Å². The third kappa shape index (κ3) is 6.02. The monoisotopic (exact) mass is 501 g/mol. The lowest BCUT2D eigenvalue weighted by molar-refractivity contribution is 0.102. The molecular formula is C26H27N7O2S. The Balaban J connectivity index is 1.37. The number of hydrogen-bond acceptors (Lipinski definition) is 6. The minimum absolute atomic E-state index is 0.250. The highest BCUT2D eigenvalue weighted by molar-refractivity contribution is 7.16. The third-order valence-corrected chi connectivity index (χ3v) is 6.55. The summed E-state index contributed by atoms with van der Waals surface area (Å²) < 4.78 is 1.63. The highest BCUT2D eigenvalue weighted by atomic mass is 32.1. The molecule has 2 aromatic carbocycles. The SMILES string of the molecule is CCN(C=NC)Cc1ccc(NC(=O)c2ccc(C(=O)Nc3ccc(-n4cncn4)cc3)s2)c(C)c1. The van der Waals surface area contributed by atoms with Crippen molar-refractivity contribution in [2.45, 2.75) is 20.4 Å². The Morgan fingerprint density at radius 1 is 1.06 bits per heavy atom. The molecule has 0 radical (unpaired) electrons. The summed E-state index contributed by atoms with van der Waals surface area (Å²) in [5.41, 5.74) is 4.32. The Bertz CT molecular complexity index is 1360. The minimum Gasteiger partial charge on any atom is -0.359 e. The fourth-order valence-corrected chi connectivity index (χ4v) is 4.39. The fourth-order valence-electron chi connectivity index (χ4n) is 3.59. The van der Waals surface area contributed by atoms with Crippen molar-refractivity contribution in [2.24, 2.45) is 4.99 Å². The number of benzene rings is 2. The maximum absolute atomic E-state index is 12.8. The molecular weight excluding hydrogens is 474 g/mol. The van der Waals surface area contributed by atoms with E-state index in [0.717, 1.165) is 46.9 Å². The van der Waals surface area contributed by atoms with Crippen molar-refractivity contribution in [3.63, 3.8) is 0 Å². The molecule has 0 bridgehead atoms. The van der Waals surface area contributed by atoms with Gasteiger partial charge in [0.2, 0.25) is 0 Å². The second-order valence-electron chi connectivity index (χ2n) is 8.05. The van der Waals surface area contributed by atoms with Gasteiger partial charge in [-0.05, 0) is 67.4 Å². The molecule has 10 heteroatoms. The lowest BCUT2D eigenvalue weighted by atomic mass is 10.1. The summed E-state index contributed by atoms with van der Waals surface area (Å²) in [6, 6.07) is 16.5. The molecule has 2 heterocycles. The number of hydrogen-bond donors (Lipinski definition) is 2. The van der Waals surface area contributed by atoms with Gasteiger partial charge in [-0.1, -0.05) is 12.1 Å². The second kappa shape index (κ2) is 11.4. The van der Waals surface area contributed by atoms with Crippen LogP contribution in [-0.2, 0) is 6.54 Å². The summed E-state index contributed by atoms with van der Waals surface area (Å²) in [5, 5.41) is 9.89. The number of anilines is 2. The first-order valence-electron chi connectivity index (χ1n) is 11.4. The molecule has 9 nitrogen and oxygen atoms in total. The van der Waals surface area contributed by atoms with Crippen molar-refractivity contribution >= 4 is 40.9 Å². The first-order chi connectivity index (χ1) is 17.5. The molecule has 2 aromatic heterocycles. The predicted octanol–water partition coefficient (Wildman–Crippen LogP) is 4.62. The highest BCUT2D eigenvalue weighted by Crippen LogP contribution is 2.23. The van der Waals surface area contributed by atoms with E-state index in [4.69, 9.17) is 0 Å². The summed E-state index contributed by atoms with van der Waals surface area (Å²) in [7, 11) is 1.75. The number of aliphatic imine (C=N–C) groups is 1. The molecule has 4 aromatic rings. The van der Waals surface area contributed by atoms with E-state index in [1.165, 1.54) is 6.33 Å². The Labute approximate surface area is 213 Å². The van der Waals surface area contributed by atoms with Crippen LogP contribution in [0.2, 0.25) is 0 Å². The van der Waals surface area contributed by atoms with E-state index in [9.17, 15) is 9.59 Å². The van der Waals surface area contributed by atoms with Crippen LogP contribution >= 0.6 is 11.3 Å². The number of aryl methyl sites for hydroxylation is 1. The maximum Gasteiger partial charge on any atom is 0.265 e. The van der Waals surface area contributed by atoms with Gasteiger partial charge in [0.1, 0.15) is 12.7 Å². The molecule has 0 saturated carbocycles. The molecule has 36 heavy (non-hydrogen) atoms. The predicted molar refractivity (Wildman–Crippen MR) is 143 cm³/mol. The van der Waals surface area contributed by atoms with Crippen molar-refractivity contribution in [3.05, 3.63) is 88.1 Å². The van der Waals surface area contributed by atoms with Crippen molar-refractivity contribution in [3.8, 4) is 5.69 Å². The van der Waals surface area contributed by atoms with Gasteiger partial charge in [0.25, 0.3) is 11.8 Å². The van der Waals surface area contributed by atoms with Crippen LogP contribution in [0.25, 0.3) is 5.69 Å². The number of carbonyl (C=O) groups excluding carboxylic acids is 2. The summed E-state index contributed by atoms with van der Waals surface area (Å²) in [5.74, 6) is -0.524. The van der Waals surface area contributed by atoms with Crippen LogP contribution < -0.4 is 10.6 Å². The standard InChI is InChI=1S/C26H27N7O2S/c1-4-32(16-27-3)14-19-5-10-22(18(2)13-19)31-26(35)24-12-11-23(36-24)25(34)30-20-6-8-21(9-7-20)33-17-28-15-29-33/h5-13,15-17H,4,14H2,1-3H3,(H,30,34)(H,31,35). The van der Waals surface area contributed by atoms with Crippen molar-refractivity contribution < 1.29 is 9.59 Å². The van der Waals surface area contributed by atoms with E-state index in [1.54, 1.807) is 42.3 Å². The number of carbonyl (C=O) groups is 2. The minimum atomic E-state index is -0.274. The fraction of sp³-hybridized carbons (Fsp3) is 0.192. The van der Waals surface area contributed by atoms with Gasteiger partial charge in [0.05, 0.1) is 21.8 Å². The molecule has 0 aliphatic rings. The van der Waals surface area contributed by atoms with E-state index in [2.05, 4.69) is 43.6 Å². The average Bonchev–Trinajstić information content (AvgIpc) is 3.59. The lowest BCUT2D eigenvalue weighted by Gasteiger charge is -2.18. The van der Waals surface area contributed by atoms with Gasteiger partial charge in [-0.25, -0.2) is 9.67 Å². The van der Waals surface area contributed by atoms with Gasteiger partial charge < -0.3 is 15.5 Å². The summed E-state index contributed by atoms with van der Waals surface area (Å²) in [6.07, 6.45) is 4.88. The third-order valence-electron chi connectivity index (χ3n) is 5.47. The maximum atomic E-state index is 12.8. The Kier molecular flexibility index (Phi) is 7.86. The van der Waals surface area contributed by atoms with Crippen LogP contribution in [0, 0.1) is 6.92 Å². The van der Waals surface area contributed by atoms with Crippen LogP contribution in [0.1, 0.15) is 37.4 Å². The molecule has 2 amide bonds. The van der Waals surface area contributed by atoms with Gasteiger partial charge in [-0.15, -0.1) is 11.3 Å². The number of nitrogens with zero attached hydrogens (tertiary/aromatic N) is 5. The van der Waals surface area contributed by atoms with Gasteiger partial charge in [-0.3, -0.25) is 14.6 Å². The quantitative estimate of drug-likeness (QED) is 0.257. The average molecular weight is 502 g/mol. The number of rotatable bonds is 9. The van der Waals surface area contributed by atoms with Crippen molar-refractivity contribution in [1.82, 2.24) is 19.7 Å². The van der Waals surface area contributed by atoms with Crippen LogP contribution in [0.15, 0.2) is 72.2 Å². The van der Waals surface area contributed by atoms with Gasteiger partial charge in [-0.2, -0.15) is 5.10 Å². The molecule has 2 N–H and O–H groups in total. The van der Waals surface area contributed by atoms with Gasteiger partial charge in [0, 0.05) is 31.5 Å². The van der Waals surface area contributed by atoms with Crippen LogP contribution in [0.3, 0.4) is 0 Å². The van der Waals surface area contributed by atoms with E-state index in [-0.39, 0.29) is 11.8 Å². The molecule has 0 spiro atoms. The molecule has 184 valence electrons. The largest absolute Gasteiger partial charge is 0.359 e. The zero-order valence-electron chi connectivity index (χ0n) is 20.3. The van der Waals surface area contributed by atoms with E-state index < -0.39 is 0 Å². The van der Waals surface area contributed by atoms with E-state index in [1.807, 2.05) is 37.5 Å². The van der Waals surface area contributed by atoms with Crippen LogP contribution in [-0.4, -0.2) is 51.4 Å². The Morgan fingerprint density at radius 2 is 1.78 bits per heavy atom.